The second-order valence-electron chi connectivity index (χ2n) is 3.41. The van der Waals surface area contributed by atoms with E-state index < -0.39 is 43.5 Å². The first-order valence-electron chi connectivity index (χ1n) is 9.59. The first-order valence-corrected chi connectivity index (χ1v) is 5.09. The first kappa shape index (κ1) is 5.11. The number of piperidine rings is 1. The molecule has 0 spiro atoms. The molecule has 0 aliphatic carbocycles. The molecule has 17 heavy (non-hydrogen) atoms. The van der Waals surface area contributed by atoms with Crippen molar-refractivity contribution in [2.24, 2.45) is 0 Å². The fraction of sp³-hybridized carbons (Fsp3) is 0.500. The lowest BCUT2D eigenvalue weighted by Crippen LogP contribution is -2.42. The molecule has 1 fully saturated rings. The van der Waals surface area contributed by atoms with E-state index in [0.29, 0.717) is 0 Å². The molecule has 3 heteroatoms. The Bertz CT molecular complexity index is 695. The SMILES string of the molecule is [2H]C1([2H])NC([2H])(C(C(=O)OC)c2ccccc2)C([2H])([2H])C([2H])([2H])C1([2H])[2H]. The molecule has 0 amide bonds. The van der Waals surface area contributed by atoms with E-state index in [1.807, 2.05) is 5.32 Å². The molecule has 1 aliphatic rings. The van der Waals surface area contributed by atoms with Gasteiger partial charge in [-0.15, -0.1) is 0 Å². The number of rotatable bonds is 3. The molecule has 2 rings (SSSR count). The monoisotopic (exact) mass is 242 g/mol. The summed E-state index contributed by atoms with van der Waals surface area (Å²) < 4.78 is 76.9. The predicted octanol–water partition coefficient (Wildman–Crippen LogP) is 2.09. The van der Waals surface area contributed by atoms with Crippen molar-refractivity contribution in [3.63, 3.8) is 0 Å². The number of nitrogens with one attached hydrogen (secondary N) is 1. The first-order chi connectivity index (χ1) is 11.7. The van der Waals surface area contributed by atoms with E-state index in [-0.39, 0.29) is 5.56 Å². The fourth-order valence-corrected chi connectivity index (χ4v) is 1.59. The van der Waals surface area contributed by atoms with Crippen molar-refractivity contribution < 1.29 is 21.9 Å². The molecule has 0 bridgehead atoms. The number of benzene rings is 1. The van der Waals surface area contributed by atoms with Crippen LogP contribution in [0, 0.1) is 0 Å². The maximum Gasteiger partial charge on any atom is 0.314 e. The maximum absolute atomic E-state index is 12.4. The molecule has 92 valence electrons. The summed E-state index contributed by atoms with van der Waals surface area (Å²) in [6.07, 6.45) is -10.0. The van der Waals surface area contributed by atoms with E-state index >= 15 is 0 Å². The van der Waals surface area contributed by atoms with Gasteiger partial charge < -0.3 is 10.1 Å². The average molecular weight is 242 g/mol. The minimum absolute atomic E-state index is 0.111. The molecule has 1 heterocycles. The molecule has 2 unspecified atom stereocenters. The van der Waals surface area contributed by atoms with Crippen LogP contribution >= 0.6 is 0 Å². The minimum atomic E-state index is -3.43. The Morgan fingerprint density at radius 1 is 1.53 bits per heavy atom. The average Bonchev–Trinajstić information content (AvgIpc) is 2.53. The van der Waals surface area contributed by atoms with Gasteiger partial charge in [0.25, 0.3) is 0 Å². The molecular formula is C14H19NO2. The largest absolute Gasteiger partial charge is 0.469 e. The fourth-order valence-electron chi connectivity index (χ4n) is 1.59. The Morgan fingerprint density at radius 2 is 2.29 bits per heavy atom. The highest BCUT2D eigenvalue weighted by Gasteiger charge is 2.31. The van der Waals surface area contributed by atoms with Gasteiger partial charge in [0.05, 0.1) is 13.0 Å². The van der Waals surface area contributed by atoms with Crippen LogP contribution in [-0.4, -0.2) is 25.6 Å². The van der Waals surface area contributed by atoms with Gasteiger partial charge in [0, 0.05) is 18.4 Å². The highest BCUT2D eigenvalue weighted by molar-refractivity contribution is 5.79. The second kappa shape index (κ2) is 5.82. The Balaban J connectivity index is 2.76. The van der Waals surface area contributed by atoms with Gasteiger partial charge in [-0.2, -0.15) is 0 Å². The Hall–Kier alpha value is -1.35. The summed E-state index contributed by atoms with van der Waals surface area (Å²) in [5.41, 5.74) is 0.111. The second-order valence-corrected chi connectivity index (χ2v) is 3.41. The van der Waals surface area contributed by atoms with Gasteiger partial charge in [0.1, 0.15) is 0 Å². The number of carbonyl (C=O) groups is 1. The normalized spacial score (nSPS) is 45.8. The van der Waals surface area contributed by atoms with Crippen LogP contribution in [-0.2, 0) is 9.53 Å². The lowest BCUT2D eigenvalue weighted by Gasteiger charge is -2.29. The highest BCUT2D eigenvalue weighted by Crippen LogP contribution is 2.26. The van der Waals surface area contributed by atoms with Crippen molar-refractivity contribution in [2.45, 2.75) is 31.1 Å². The number of esters is 1. The lowest BCUT2D eigenvalue weighted by atomic mass is 9.86. The van der Waals surface area contributed by atoms with Crippen molar-refractivity contribution in [2.75, 3.05) is 13.6 Å². The van der Waals surface area contributed by atoms with Crippen LogP contribution < -0.4 is 5.32 Å². The van der Waals surface area contributed by atoms with Crippen LogP contribution in [0.5, 0.6) is 0 Å². The molecule has 1 aliphatic heterocycles. The van der Waals surface area contributed by atoms with E-state index in [4.69, 9.17) is 12.3 Å². The maximum atomic E-state index is 12.4. The van der Waals surface area contributed by atoms with Gasteiger partial charge in [-0.1, -0.05) is 36.7 Å². The molecule has 1 N–H and O–H groups in total. The number of ether oxygens (including phenoxy) is 1. The number of hydrogen-bond acceptors (Lipinski definition) is 3. The van der Waals surface area contributed by atoms with Crippen LogP contribution in [0.4, 0.5) is 0 Å². The summed E-state index contributed by atoms with van der Waals surface area (Å²) in [6.45, 7) is -3.13. The van der Waals surface area contributed by atoms with Gasteiger partial charge in [-0.25, -0.2) is 0 Å². The Labute approximate surface area is 115 Å². The predicted molar refractivity (Wildman–Crippen MR) is 66.8 cm³/mol. The molecule has 3 nitrogen and oxygen atoms in total. The van der Waals surface area contributed by atoms with Gasteiger partial charge in [0.15, 0.2) is 0 Å². The summed E-state index contributed by atoms with van der Waals surface area (Å²) in [5.74, 6) is -2.82. The van der Waals surface area contributed by atoms with Crippen molar-refractivity contribution in [1.82, 2.24) is 5.32 Å². The quantitative estimate of drug-likeness (QED) is 0.825. The smallest absolute Gasteiger partial charge is 0.314 e. The van der Waals surface area contributed by atoms with Crippen LogP contribution in [0.25, 0.3) is 0 Å². The topological polar surface area (TPSA) is 38.3 Å². The molecule has 0 aromatic heterocycles. The van der Waals surface area contributed by atoms with Gasteiger partial charge >= 0.3 is 5.97 Å². The van der Waals surface area contributed by atoms with Crippen LogP contribution in [0.1, 0.15) is 42.9 Å². The zero-order chi connectivity index (χ0) is 20.2. The summed E-state index contributed by atoms with van der Waals surface area (Å²) >= 11 is 0. The summed E-state index contributed by atoms with van der Waals surface area (Å²) in [6, 6.07) is 4.59. The number of methoxy groups -OCH3 is 1. The van der Waals surface area contributed by atoms with Crippen LogP contribution in [0.2, 0.25) is 0 Å². The van der Waals surface area contributed by atoms with E-state index in [9.17, 15) is 4.79 Å². The van der Waals surface area contributed by atoms with Crippen LogP contribution in [0.15, 0.2) is 30.3 Å². The van der Waals surface area contributed by atoms with Crippen molar-refractivity contribution in [1.29, 1.82) is 0 Å². The lowest BCUT2D eigenvalue weighted by molar-refractivity contribution is -0.143. The number of carbonyl (C=O) groups excluding carboxylic acids is 1. The van der Waals surface area contributed by atoms with Crippen molar-refractivity contribution in [3.8, 4) is 0 Å². The van der Waals surface area contributed by atoms with Gasteiger partial charge in [0.2, 0.25) is 0 Å². The van der Waals surface area contributed by atoms with Gasteiger partial charge in [-0.05, 0) is 24.8 Å². The number of hydrogen-bond donors (Lipinski definition) is 1. The van der Waals surface area contributed by atoms with E-state index in [1.165, 1.54) is 24.3 Å². The van der Waals surface area contributed by atoms with Crippen LogP contribution in [0.3, 0.4) is 0 Å². The van der Waals surface area contributed by atoms with Crippen molar-refractivity contribution in [3.05, 3.63) is 35.9 Å². The highest BCUT2D eigenvalue weighted by atomic mass is 16.5. The summed E-state index contributed by atoms with van der Waals surface area (Å²) in [5, 5.41) is 1.93. The van der Waals surface area contributed by atoms with E-state index in [1.54, 1.807) is 6.07 Å². The molecule has 1 aromatic rings. The standard InChI is InChI=1S/C14H19NO2/c1-17-14(16)13(11-7-3-2-4-8-11)12-9-5-6-10-15-12/h2-4,7-8,12-13,15H,5-6,9-10H2,1H3/i5D2,6D2,9D2,10D2,12D. The molecule has 2 atom stereocenters. The molecular weight excluding hydrogens is 214 g/mol. The minimum Gasteiger partial charge on any atom is -0.469 e. The third kappa shape index (κ3) is 2.86. The summed E-state index contributed by atoms with van der Waals surface area (Å²) in [4.78, 5) is 12.4. The van der Waals surface area contributed by atoms with E-state index in [0.717, 1.165) is 7.11 Å². The molecule has 0 radical (unpaired) electrons. The molecule has 1 aromatic carbocycles. The summed E-state index contributed by atoms with van der Waals surface area (Å²) in [7, 11) is 1.02. The zero-order valence-electron chi connectivity index (χ0n) is 18.3. The zero-order valence-corrected chi connectivity index (χ0v) is 9.28. The van der Waals surface area contributed by atoms with Crippen molar-refractivity contribution >= 4 is 5.97 Å². The van der Waals surface area contributed by atoms with E-state index in [2.05, 4.69) is 4.74 Å². The third-order valence-electron chi connectivity index (χ3n) is 2.38. The van der Waals surface area contributed by atoms with Gasteiger partial charge in [-0.3, -0.25) is 4.79 Å². The third-order valence-corrected chi connectivity index (χ3v) is 2.38. The Morgan fingerprint density at radius 3 is 3.00 bits per heavy atom. The Kier molecular flexibility index (Phi) is 1.75. The molecule has 1 saturated heterocycles. The molecule has 0 saturated carbocycles.